The van der Waals surface area contributed by atoms with Crippen LogP contribution in [0.3, 0.4) is 0 Å². The van der Waals surface area contributed by atoms with Crippen LogP contribution in [0.2, 0.25) is 0 Å². The molecule has 8 heteroatoms. The van der Waals surface area contributed by atoms with E-state index in [4.69, 9.17) is 11.0 Å². The largest absolute Gasteiger partial charge is 0.394 e. The lowest BCUT2D eigenvalue weighted by Crippen LogP contribution is -2.18. The van der Waals surface area contributed by atoms with Gasteiger partial charge in [-0.05, 0) is 11.6 Å². The van der Waals surface area contributed by atoms with Crippen LogP contribution < -0.4 is 10.5 Å². The summed E-state index contributed by atoms with van der Waals surface area (Å²) < 4.78 is 28.0. The second kappa shape index (κ2) is 5.22. The first-order valence-corrected chi connectivity index (χ1v) is 7.34. The van der Waals surface area contributed by atoms with Crippen molar-refractivity contribution in [2.75, 3.05) is 10.5 Å². The number of nitrogens with two attached hydrogens (primary N) is 1. The third kappa shape index (κ3) is 2.89. The molecule has 0 radical (unpaired) electrons. The van der Waals surface area contributed by atoms with Gasteiger partial charge in [0.2, 0.25) is 10.0 Å². The van der Waals surface area contributed by atoms with Crippen molar-refractivity contribution in [1.82, 2.24) is 9.78 Å². The molecule has 0 fully saturated rings. The van der Waals surface area contributed by atoms with Gasteiger partial charge in [0.1, 0.15) is 0 Å². The summed E-state index contributed by atoms with van der Waals surface area (Å²) in [5, 5.41) is 12.8. The minimum Gasteiger partial charge on any atom is -0.394 e. The molecule has 0 spiro atoms. The molecular weight excluding hydrogens is 278 g/mol. The van der Waals surface area contributed by atoms with Crippen LogP contribution in [0.5, 0.6) is 0 Å². The molecule has 7 nitrogen and oxygen atoms in total. The summed E-state index contributed by atoms with van der Waals surface area (Å²) >= 11 is 0. The highest BCUT2D eigenvalue weighted by molar-refractivity contribution is 7.91. The molecule has 1 heterocycles. The Bertz CT molecular complexity index is 754. The second-order valence-electron chi connectivity index (χ2n) is 4.20. The van der Waals surface area contributed by atoms with E-state index in [9.17, 15) is 8.42 Å². The summed E-state index contributed by atoms with van der Waals surface area (Å²) in [7, 11) is -2.10. The first-order chi connectivity index (χ1) is 9.43. The third-order valence-corrected chi connectivity index (χ3v) is 3.90. The van der Waals surface area contributed by atoms with Crippen molar-refractivity contribution in [3.8, 4) is 6.07 Å². The Labute approximate surface area is 116 Å². The first kappa shape index (κ1) is 13.9. The lowest BCUT2D eigenvalue weighted by Gasteiger charge is -2.09. The molecular formula is C12H13N5O2S. The topological polar surface area (TPSA) is 114 Å². The minimum absolute atomic E-state index is 0.208. The van der Waals surface area contributed by atoms with Crippen LogP contribution >= 0.6 is 0 Å². The fourth-order valence-electron chi connectivity index (χ4n) is 1.72. The highest BCUT2D eigenvalue weighted by Crippen LogP contribution is 2.19. The van der Waals surface area contributed by atoms with E-state index in [1.807, 2.05) is 6.07 Å². The van der Waals surface area contributed by atoms with E-state index >= 15 is 0 Å². The first-order valence-electron chi connectivity index (χ1n) is 5.69. The van der Waals surface area contributed by atoms with E-state index in [1.165, 1.54) is 10.9 Å². The van der Waals surface area contributed by atoms with Crippen LogP contribution in [0, 0.1) is 11.3 Å². The molecule has 2 rings (SSSR count). The number of nitrogens with one attached hydrogen (secondary N) is 1. The summed E-state index contributed by atoms with van der Waals surface area (Å²) in [6, 6.07) is 8.51. The van der Waals surface area contributed by atoms with Crippen LogP contribution in [0.4, 0.5) is 11.5 Å². The van der Waals surface area contributed by atoms with Gasteiger partial charge < -0.3 is 5.73 Å². The summed E-state index contributed by atoms with van der Waals surface area (Å²) in [4.78, 5) is 0. The summed E-state index contributed by atoms with van der Waals surface area (Å²) in [6.07, 6.45) is 1.36. The molecule has 104 valence electrons. The van der Waals surface area contributed by atoms with E-state index in [0.717, 1.165) is 0 Å². The van der Waals surface area contributed by atoms with Crippen molar-refractivity contribution in [2.24, 2.45) is 7.05 Å². The number of sulfonamides is 1. The normalized spacial score (nSPS) is 11.0. The number of nitrogens with zero attached hydrogens (tertiary/aromatic N) is 3. The number of rotatable bonds is 4. The predicted molar refractivity (Wildman–Crippen MR) is 75.0 cm³/mol. The number of hydrogen-bond acceptors (Lipinski definition) is 5. The number of aryl methyl sites for hydroxylation is 1. The minimum atomic E-state index is -3.68. The summed E-state index contributed by atoms with van der Waals surface area (Å²) in [6.45, 7) is 0. The Morgan fingerprint density at radius 2 is 2.15 bits per heavy atom. The van der Waals surface area contributed by atoms with Gasteiger partial charge in [-0.3, -0.25) is 9.40 Å². The van der Waals surface area contributed by atoms with Crippen molar-refractivity contribution in [1.29, 1.82) is 5.26 Å². The lowest BCUT2D eigenvalue weighted by atomic mass is 10.1. The van der Waals surface area contributed by atoms with Crippen LogP contribution in [-0.4, -0.2) is 18.2 Å². The van der Waals surface area contributed by atoms with Crippen molar-refractivity contribution < 1.29 is 8.42 Å². The van der Waals surface area contributed by atoms with E-state index in [-0.39, 0.29) is 17.3 Å². The van der Waals surface area contributed by atoms with Crippen molar-refractivity contribution in [2.45, 2.75) is 5.75 Å². The Morgan fingerprint density at radius 3 is 2.75 bits per heavy atom. The van der Waals surface area contributed by atoms with Gasteiger partial charge in [0, 0.05) is 7.05 Å². The SMILES string of the molecule is Cn1ncc(N)c1NS(=O)(=O)Cc1ccccc1C#N. The summed E-state index contributed by atoms with van der Waals surface area (Å²) in [5.41, 5.74) is 6.64. The number of nitrogen functional groups attached to an aromatic ring is 1. The van der Waals surface area contributed by atoms with Gasteiger partial charge in [-0.1, -0.05) is 18.2 Å². The molecule has 0 amide bonds. The number of hydrogen-bond donors (Lipinski definition) is 2. The molecule has 20 heavy (non-hydrogen) atoms. The maximum atomic E-state index is 12.1. The number of nitriles is 1. The Kier molecular flexibility index (Phi) is 3.63. The average Bonchev–Trinajstić information content (AvgIpc) is 2.70. The van der Waals surface area contributed by atoms with Crippen molar-refractivity contribution in [3.63, 3.8) is 0 Å². The van der Waals surface area contributed by atoms with Gasteiger partial charge in [0.05, 0.1) is 29.3 Å². The molecule has 2 aromatic rings. The Morgan fingerprint density at radius 1 is 1.45 bits per heavy atom. The molecule has 0 saturated heterocycles. The monoisotopic (exact) mass is 291 g/mol. The van der Waals surface area contributed by atoms with Crippen molar-refractivity contribution in [3.05, 3.63) is 41.6 Å². The maximum Gasteiger partial charge on any atom is 0.238 e. The van der Waals surface area contributed by atoms with Gasteiger partial charge in [0.15, 0.2) is 5.82 Å². The number of aromatic nitrogens is 2. The van der Waals surface area contributed by atoms with Gasteiger partial charge in [-0.2, -0.15) is 10.4 Å². The fraction of sp³-hybridized carbons (Fsp3) is 0.167. The van der Waals surface area contributed by atoms with Gasteiger partial charge in [-0.15, -0.1) is 0 Å². The van der Waals surface area contributed by atoms with Crippen LogP contribution in [0.15, 0.2) is 30.5 Å². The Balaban J connectivity index is 2.27. The quantitative estimate of drug-likeness (QED) is 0.865. The zero-order chi connectivity index (χ0) is 14.8. The van der Waals surface area contributed by atoms with E-state index < -0.39 is 10.0 Å². The number of anilines is 2. The lowest BCUT2D eigenvalue weighted by molar-refractivity contribution is 0.599. The zero-order valence-electron chi connectivity index (χ0n) is 10.7. The average molecular weight is 291 g/mol. The number of benzene rings is 1. The Hall–Kier alpha value is -2.53. The van der Waals surface area contributed by atoms with Gasteiger partial charge in [0.25, 0.3) is 0 Å². The van der Waals surface area contributed by atoms with E-state index in [0.29, 0.717) is 11.1 Å². The van der Waals surface area contributed by atoms with Crippen LogP contribution in [0.25, 0.3) is 0 Å². The molecule has 1 aromatic heterocycles. The zero-order valence-corrected chi connectivity index (χ0v) is 11.6. The molecule has 1 aromatic carbocycles. The second-order valence-corrected chi connectivity index (χ2v) is 5.92. The molecule has 0 aliphatic carbocycles. The molecule has 0 unspecified atom stereocenters. The molecule has 0 saturated carbocycles. The highest BCUT2D eigenvalue weighted by Gasteiger charge is 2.17. The van der Waals surface area contributed by atoms with Crippen LogP contribution in [-0.2, 0) is 22.8 Å². The molecule has 0 atom stereocenters. The molecule has 0 bridgehead atoms. The van der Waals surface area contributed by atoms with Crippen molar-refractivity contribution >= 4 is 21.5 Å². The van der Waals surface area contributed by atoms with E-state index in [2.05, 4.69) is 9.82 Å². The highest BCUT2D eigenvalue weighted by atomic mass is 32.2. The van der Waals surface area contributed by atoms with Crippen LogP contribution in [0.1, 0.15) is 11.1 Å². The standard InChI is InChI=1S/C12H13N5O2S/c1-17-12(11(14)7-15-17)16-20(18,19)8-10-5-3-2-4-9(10)6-13/h2-5,7,16H,8,14H2,1H3. The maximum absolute atomic E-state index is 12.1. The third-order valence-electron chi connectivity index (χ3n) is 2.70. The van der Waals surface area contributed by atoms with Gasteiger partial charge in [-0.25, -0.2) is 8.42 Å². The van der Waals surface area contributed by atoms with Gasteiger partial charge >= 0.3 is 0 Å². The van der Waals surface area contributed by atoms with E-state index in [1.54, 1.807) is 31.3 Å². The summed E-state index contributed by atoms with van der Waals surface area (Å²) in [5.74, 6) is -0.0964. The smallest absolute Gasteiger partial charge is 0.238 e. The molecule has 3 N–H and O–H groups in total. The molecule has 0 aliphatic rings. The fourth-order valence-corrected chi connectivity index (χ4v) is 3.00. The predicted octanol–water partition coefficient (Wildman–Crippen LogP) is 0.816. The molecule has 0 aliphatic heterocycles.